The maximum atomic E-state index is 12.2. The zero-order valence-electron chi connectivity index (χ0n) is 14.5. The zero-order chi connectivity index (χ0) is 16.8. The molecule has 0 radical (unpaired) electrons. The third kappa shape index (κ3) is 5.27. The molecule has 1 fully saturated rings. The fraction of sp³-hybridized carbons (Fsp3) is 0.882. The Kier molecular flexibility index (Phi) is 7.33. The summed E-state index contributed by atoms with van der Waals surface area (Å²) >= 11 is 0. The van der Waals surface area contributed by atoms with Crippen LogP contribution in [0.3, 0.4) is 0 Å². The molecule has 128 valence electrons. The standard InChI is InChI=1S/C17H32N2O3/c1-5-7-15(20)19-10-8-14(9-11-19)16(21)18-12-17(4,22)13(3)6-2/h13-14,22H,5-12H2,1-4H3,(H,18,21). The minimum Gasteiger partial charge on any atom is -0.388 e. The second-order valence-corrected chi connectivity index (χ2v) is 6.79. The number of nitrogens with one attached hydrogen (secondary N) is 1. The van der Waals surface area contributed by atoms with Gasteiger partial charge in [-0.05, 0) is 32.1 Å². The molecular formula is C17H32N2O3. The van der Waals surface area contributed by atoms with E-state index in [-0.39, 0.29) is 30.2 Å². The predicted octanol–water partition coefficient (Wildman–Crippen LogP) is 1.94. The van der Waals surface area contributed by atoms with Crippen LogP contribution >= 0.6 is 0 Å². The van der Waals surface area contributed by atoms with Crippen LogP contribution in [0, 0.1) is 11.8 Å². The summed E-state index contributed by atoms with van der Waals surface area (Å²) in [5.74, 6) is 0.298. The molecule has 5 heteroatoms. The highest BCUT2D eigenvalue weighted by Crippen LogP contribution is 2.21. The Hall–Kier alpha value is -1.10. The summed E-state index contributed by atoms with van der Waals surface area (Å²) in [6, 6.07) is 0. The third-order valence-electron chi connectivity index (χ3n) is 4.98. The van der Waals surface area contributed by atoms with E-state index in [1.165, 1.54) is 0 Å². The Morgan fingerprint density at radius 3 is 2.41 bits per heavy atom. The van der Waals surface area contributed by atoms with Crippen LogP contribution in [0.5, 0.6) is 0 Å². The molecule has 1 aliphatic rings. The van der Waals surface area contributed by atoms with Crippen molar-refractivity contribution >= 4 is 11.8 Å². The molecule has 2 atom stereocenters. The number of carbonyl (C=O) groups excluding carboxylic acids is 2. The number of rotatable bonds is 7. The summed E-state index contributed by atoms with van der Waals surface area (Å²) in [6.45, 7) is 9.41. The number of piperidine rings is 1. The van der Waals surface area contributed by atoms with Crippen LogP contribution in [0.2, 0.25) is 0 Å². The second-order valence-electron chi connectivity index (χ2n) is 6.79. The molecule has 2 amide bonds. The summed E-state index contributed by atoms with van der Waals surface area (Å²) in [7, 11) is 0. The summed E-state index contributed by atoms with van der Waals surface area (Å²) in [6.07, 6.45) is 3.76. The van der Waals surface area contributed by atoms with Crippen molar-refractivity contribution in [3.63, 3.8) is 0 Å². The minimum absolute atomic E-state index is 0.00571. The molecule has 1 saturated heterocycles. The van der Waals surface area contributed by atoms with Gasteiger partial charge in [-0.1, -0.05) is 27.2 Å². The number of hydrogen-bond donors (Lipinski definition) is 2. The molecule has 0 saturated carbocycles. The van der Waals surface area contributed by atoms with E-state index >= 15 is 0 Å². The second kappa shape index (κ2) is 8.51. The summed E-state index contributed by atoms with van der Waals surface area (Å²) < 4.78 is 0. The van der Waals surface area contributed by atoms with Crippen LogP contribution in [-0.2, 0) is 9.59 Å². The van der Waals surface area contributed by atoms with Crippen molar-refractivity contribution in [3.8, 4) is 0 Å². The molecule has 0 aliphatic carbocycles. The first-order chi connectivity index (χ1) is 10.3. The molecule has 0 bridgehead atoms. The van der Waals surface area contributed by atoms with Crippen LogP contribution in [-0.4, -0.2) is 47.1 Å². The van der Waals surface area contributed by atoms with Crippen LogP contribution in [0.4, 0.5) is 0 Å². The predicted molar refractivity (Wildman–Crippen MR) is 87.3 cm³/mol. The first-order valence-corrected chi connectivity index (χ1v) is 8.59. The van der Waals surface area contributed by atoms with E-state index in [1.54, 1.807) is 6.92 Å². The molecule has 5 nitrogen and oxygen atoms in total. The molecule has 0 aromatic rings. The van der Waals surface area contributed by atoms with Crippen molar-refractivity contribution in [1.82, 2.24) is 10.2 Å². The SMILES string of the molecule is CCCC(=O)N1CCC(C(=O)NCC(C)(O)C(C)CC)CC1. The van der Waals surface area contributed by atoms with Crippen molar-refractivity contribution in [3.05, 3.63) is 0 Å². The highest BCUT2D eigenvalue weighted by atomic mass is 16.3. The Morgan fingerprint density at radius 2 is 1.91 bits per heavy atom. The van der Waals surface area contributed by atoms with E-state index in [1.807, 2.05) is 25.7 Å². The summed E-state index contributed by atoms with van der Waals surface area (Å²) in [5, 5.41) is 13.2. The summed E-state index contributed by atoms with van der Waals surface area (Å²) in [4.78, 5) is 25.9. The van der Waals surface area contributed by atoms with Crippen LogP contribution < -0.4 is 5.32 Å². The molecule has 22 heavy (non-hydrogen) atoms. The van der Waals surface area contributed by atoms with Gasteiger partial charge in [-0.3, -0.25) is 9.59 Å². The normalized spacial score (nSPS) is 20.3. The number of likely N-dealkylation sites (tertiary alicyclic amines) is 1. The molecular weight excluding hydrogens is 280 g/mol. The number of nitrogens with zero attached hydrogens (tertiary/aromatic N) is 1. The molecule has 2 N–H and O–H groups in total. The Balaban J connectivity index is 2.38. The number of carbonyl (C=O) groups is 2. The maximum Gasteiger partial charge on any atom is 0.223 e. The summed E-state index contributed by atoms with van der Waals surface area (Å²) in [5.41, 5.74) is -0.873. The van der Waals surface area contributed by atoms with Gasteiger partial charge in [-0.2, -0.15) is 0 Å². The first kappa shape index (κ1) is 18.9. The van der Waals surface area contributed by atoms with Crippen molar-refractivity contribution in [2.75, 3.05) is 19.6 Å². The average molecular weight is 312 g/mol. The largest absolute Gasteiger partial charge is 0.388 e. The van der Waals surface area contributed by atoms with Gasteiger partial charge in [-0.15, -0.1) is 0 Å². The van der Waals surface area contributed by atoms with Crippen LogP contribution in [0.25, 0.3) is 0 Å². The lowest BCUT2D eigenvalue weighted by Crippen LogP contribution is -2.48. The topological polar surface area (TPSA) is 69.6 Å². The fourth-order valence-corrected chi connectivity index (χ4v) is 2.79. The van der Waals surface area contributed by atoms with Crippen molar-refractivity contribution in [2.24, 2.45) is 11.8 Å². The van der Waals surface area contributed by atoms with Gasteiger partial charge >= 0.3 is 0 Å². The lowest BCUT2D eigenvalue weighted by atomic mass is 9.88. The Labute approximate surface area is 134 Å². The minimum atomic E-state index is -0.873. The van der Waals surface area contributed by atoms with Gasteiger partial charge in [0.05, 0.1) is 5.60 Å². The van der Waals surface area contributed by atoms with Gasteiger partial charge in [0, 0.05) is 32.0 Å². The van der Waals surface area contributed by atoms with Crippen LogP contribution in [0.15, 0.2) is 0 Å². The monoisotopic (exact) mass is 312 g/mol. The lowest BCUT2D eigenvalue weighted by Gasteiger charge is -2.33. The highest BCUT2D eigenvalue weighted by molar-refractivity contribution is 5.80. The maximum absolute atomic E-state index is 12.2. The molecule has 2 unspecified atom stereocenters. The van der Waals surface area contributed by atoms with E-state index in [0.29, 0.717) is 32.4 Å². The van der Waals surface area contributed by atoms with E-state index in [9.17, 15) is 14.7 Å². The number of aliphatic hydroxyl groups is 1. The molecule has 1 aliphatic heterocycles. The van der Waals surface area contributed by atoms with E-state index in [4.69, 9.17) is 0 Å². The Bertz CT molecular complexity index is 374. The van der Waals surface area contributed by atoms with Gasteiger partial charge in [-0.25, -0.2) is 0 Å². The third-order valence-corrected chi connectivity index (χ3v) is 4.98. The molecule has 1 rings (SSSR count). The van der Waals surface area contributed by atoms with E-state index in [0.717, 1.165) is 12.8 Å². The lowest BCUT2D eigenvalue weighted by molar-refractivity contribution is -0.136. The smallest absolute Gasteiger partial charge is 0.223 e. The highest BCUT2D eigenvalue weighted by Gasteiger charge is 2.30. The quantitative estimate of drug-likeness (QED) is 0.755. The van der Waals surface area contributed by atoms with Gasteiger partial charge in [0.25, 0.3) is 0 Å². The van der Waals surface area contributed by atoms with Gasteiger partial charge < -0.3 is 15.3 Å². The number of hydrogen-bond acceptors (Lipinski definition) is 3. The molecule has 0 spiro atoms. The molecule has 1 heterocycles. The first-order valence-electron chi connectivity index (χ1n) is 8.59. The van der Waals surface area contributed by atoms with Crippen LogP contribution in [0.1, 0.15) is 59.8 Å². The fourth-order valence-electron chi connectivity index (χ4n) is 2.79. The molecule has 0 aromatic heterocycles. The number of amides is 2. The van der Waals surface area contributed by atoms with Crippen molar-refractivity contribution < 1.29 is 14.7 Å². The average Bonchev–Trinajstić information content (AvgIpc) is 2.52. The zero-order valence-corrected chi connectivity index (χ0v) is 14.5. The van der Waals surface area contributed by atoms with Crippen molar-refractivity contribution in [1.29, 1.82) is 0 Å². The van der Waals surface area contributed by atoms with Gasteiger partial charge in [0.15, 0.2) is 0 Å². The Morgan fingerprint density at radius 1 is 1.32 bits per heavy atom. The van der Waals surface area contributed by atoms with E-state index < -0.39 is 5.60 Å². The van der Waals surface area contributed by atoms with E-state index in [2.05, 4.69) is 5.32 Å². The van der Waals surface area contributed by atoms with Gasteiger partial charge in [0.2, 0.25) is 11.8 Å². The van der Waals surface area contributed by atoms with Gasteiger partial charge in [0.1, 0.15) is 0 Å². The van der Waals surface area contributed by atoms with Crippen molar-refractivity contribution in [2.45, 2.75) is 65.4 Å². The molecule has 0 aromatic carbocycles.